The lowest BCUT2D eigenvalue weighted by Crippen LogP contribution is -2.43. The first kappa shape index (κ1) is 19.2. The fraction of sp³-hybridized carbons (Fsp3) is 0.500. The van der Waals surface area contributed by atoms with E-state index in [1.807, 2.05) is 5.83 Å². The zero-order valence-electron chi connectivity index (χ0n) is 16.4. The van der Waals surface area contributed by atoms with E-state index < -0.39 is 0 Å². The maximum atomic E-state index is 6.87. The number of hydrogen-bond donors (Lipinski definition) is 0. The first-order valence-electron chi connectivity index (χ1n) is 10.2. The Balaban J connectivity index is 0.000000872. The Morgan fingerprint density at radius 3 is 1.81 bits per heavy atom. The molecule has 2 aromatic carbocycles. The molecule has 144 valence electrons. The maximum absolute atomic E-state index is 6.87. The number of alkyl halides is 1. The topological polar surface area (TPSA) is 12.5 Å². The molecule has 5 rings (SSSR count). The molecule has 2 nitrogen and oxygen atoms in total. The van der Waals surface area contributed by atoms with Crippen molar-refractivity contribution in [2.24, 2.45) is 0 Å². The van der Waals surface area contributed by atoms with Crippen LogP contribution in [0.25, 0.3) is 0 Å². The highest BCUT2D eigenvalue weighted by molar-refractivity contribution is 9.08. The minimum atomic E-state index is 0.0997. The molecule has 0 N–H and O–H groups in total. The van der Waals surface area contributed by atoms with Crippen molar-refractivity contribution in [2.45, 2.75) is 62.8 Å². The third-order valence-electron chi connectivity index (χ3n) is 6.72. The van der Waals surface area contributed by atoms with Crippen molar-refractivity contribution in [1.82, 2.24) is 4.90 Å². The monoisotopic (exact) mass is 427 g/mol. The molecule has 3 aliphatic rings. The fourth-order valence-electron chi connectivity index (χ4n) is 5.28. The lowest BCUT2D eigenvalue weighted by atomic mass is 9.95. The van der Waals surface area contributed by atoms with Crippen molar-refractivity contribution in [3.05, 3.63) is 70.8 Å². The van der Waals surface area contributed by atoms with Crippen molar-refractivity contribution in [3.8, 4) is 0 Å². The molecule has 3 atom stereocenters. The first-order valence-corrected chi connectivity index (χ1v) is 11.8. The number of aryl methyl sites for hydroxylation is 2. The van der Waals surface area contributed by atoms with Crippen LogP contribution in [-0.2, 0) is 17.6 Å². The number of fused-ring (bicyclic) bond motifs is 4. The average Bonchev–Trinajstić information content (AvgIpc) is 2.90. The summed E-state index contributed by atoms with van der Waals surface area (Å²) in [6.45, 7) is 0. The molecule has 2 aliphatic heterocycles. The predicted octanol–water partition coefficient (Wildman–Crippen LogP) is 5.53. The van der Waals surface area contributed by atoms with Gasteiger partial charge in [-0.1, -0.05) is 64.5 Å². The van der Waals surface area contributed by atoms with Gasteiger partial charge in [-0.25, -0.2) is 0 Å². The van der Waals surface area contributed by atoms with Gasteiger partial charge in [-0.3, -0.25) is 0 Å². The molecule has 2 fully saturated rings. The summed E-state index contributed by atoms with van der Waals surface area (Å²) in [6.07, 6.45) is 7.79. The van der Waals surface area contributed by atoms with Crippen molar-refractivity contribution in [1.29, 1.82) is 0 Å². The van der Waals surface area contributed by atoms with Crippen LogP contribution in [-0.4, -0.2) is 36.0 Å². The largest absolute Gasteiger partial charge is 0.365 e. The fourth-order valence-corrected chi connectivity index (χ4v) is 5.28. The summed E-state index contributed by atoms with van der Waals surface area (Å²) in [6, 6.07) is 19.3. The van der Waals surface area contributed by atoms with Crippen LogP contribution in [0.1, 0.15) is 54.0 Å². The Labute approximate surface area is 172 Å². The molecule has 27 heavy (non-hydrogen) atoms. The molecule has 2 aromatic rings. The first-order chi connectivity index (χ1) is 13.3. The van der Waals surface area contributed by atoms with Gasteiger partial charge in [-0.15, -0.1) is 0 Å². The van der Waals surface area contributed by atoms with Gasteiger partial charge in [0.2, 0.25) is 0 Å². The second-order valence-corrected chi connectivity index (χ2v) is 8.06. The summed E-state index contributed by atoms with van der Waals surface area (Å²) in [5.74, 6) is 1.81. The zero-order chi connectivity index (χ0) is 18.8. The van der Waals surface area contributed by atoms with Gasteiger partial charge in [-0.05, 0) is 73.7 Å². The van der Waals surface area contributed by atoms with Gasteiger partial charge < -0.3 is 9.64 Å². The van der Waals surface area contributed by atoms with E-state index in [0.717, 1.165) is 24.9 Å². The van der Waals surface area contributed by atoms with E-state index >= 15 is 0 Å². The van der Waals surface area contributed by atoms with E-state index in [2.05, 4.69) is 76.4 Å². The second kappa shape index (κ2) is 8.46. The second-order valence-electron chi connectivity index (χ2n) is 8.06. The summed E-state index contributed by atoms with van der Waals surface area (Å²) in [4.78, 5) is 2.59. The molecule has 0 radical (unpaired) electrons. The van der Waals surface area contributed by atoms with E-state index in [9.17, 15) is 0 Å². The molecule has 0 aromatic heterocycles. The van der Waals surface area contributed by atoms with Gasteiger partial charge in [0.15, 0.2) is 0 Å². The van der Waals surface area contributed by atoms with Crippen LogP contribution in [0.5, 0.6) is 0 Å². The molecule has 0 spiro atoms. The van der Waals surface area contributed by atoms with Gasteiger partial charge in [0.05, 0.1) is 6.10 Å². The highest BCUT2D eigenvalue weighted by atomic mass is 79.9. The van der Waals surface area contributed by atoms with Crippen LogP contribution in [0.2, 0.25) is 0 Å². The molecular formula is C24H30BrNO. The quantitative estimate of drug-likeness (QED) is 0.584. The molecule has 2 saturated heterocycles. The Morgan fingerprint density at radius 1 is 0.815 bits per heavy atom. The standard InChI is InChI=1S/C23H27NO.CH3Br/c1-24-18-12-13-19(24)15-20(14-18)25-23-21-8-4-2-6-16(21)10-11-17-7-3-5-9-22(17)23;1-2/h2-9,18-20,23H,10-15H2,1H3;1H3/t18-,19+,20?;. The summed E-state index contributed by atoms with van der Waals surface area (Å²) >= 11 is 2.94. The van der Waals surface area contributed by atoms with Crippen LogP contribution >= 0.6 is 15.9 Å². The summed E-state index contributed by atoms with van der Waals surface area (Å²) in [7, 11) is 2.30. The molecule has 0 amide bonds. The SMILES string of the molecule is CBr.CN1[C@@H]2CC[C@H]1CC(OC1c3ccccc3CCc3ccccc31)C2. The Bertz CT molecular complexity index is 715. The van der Waals surface area contributed by atoms with Crippen LogP contribution < -0.4 is 0 Å². The van der Waals surface area contributed by atoms with E-state index in [4.69, 9.17) is 4.74 Å². The maximum Gasteiger partial charge on any atom is 0.108 e. The van der Waals surface area contributed by atoms with E-state index in [1.165, 1.54) is 47.9 Å². The van der Waals surface area contributed by atoms with Gasteiger partial charge in [0.25, 0.3) is 0 Å². The number of hydrogen-bond acceptors (Lipinski definition) is 2. The Kier molecular flexibility index (Phi) is 6.01. The Hall–Kier alpha value is -1.16. The van der Waals surface area contributed by atoms with Crippen LogP contribution in [0.4, 0.5) is 0 Å². The summed E-state index contributed by atoms with van der Waals surface area (Å²) in [5.41, 5.74) is 5.69. The molecule has 2 heterocycles. The molecular weight excluding hydrogens is 398 g/mol. The number of nitrogens with zero attached hydrogens (tertiary/aromatic N) is 1. The number of benzene rings is 2. The van der Waals surface area contributed by atoms with Crippen LogP contribution in [0.3, 0.4) is 0 Å². The molecule has 3 heteroatoms. The van der Waals surface area contributed by atoms with Crippen LogP contribution in [0, 0.1) is 0 Å². The van der Waals surface area contributed by atoms with Crippen LogP contribution in [0.15, 0.2) is 48.5 Å². The lowest BCUT2D eigenvalue weighted by molar-refractivity contribution is -0.0428. The zero-order valence-corrected chi connectivity index (χ0v) is 18.0. The third kappa shape index (κ3) is 3.74. The summed E-state index contributed by atoms with van der Waals surface area (Å²) in [5, 5.41) is 0. The van der Waals surface area contributed by atoms with Gasteiger partial charge in [0, 0.05) is 12.1 Å². The van der Waals surface area contributed by atoms with Crippen molar-refractivity contribution in [2.75, 3.05) is 12.9 Å². The van der Waals surface area contributed by atoms with Crippen molar-refractivity contribution < 1.29 is 4.74 Å². The highest BCUT2D eigenvalue weighted by Crippen LogP contribution is 2.41. The normalized spacial score (nSPS) is 27.1. The summed E-state index contributed by atoms with van der Waals surface area (Å²) < 4.78 is 6.87. The number of piperidine rings is 1. The number of ether oxygens (including phenoxy) is 1. The van der Waals surface area contributed by atoms with Crippen molar-refractivity contribution in [3.63, 3.8) is 0 Å². The van der Waals surface area contributed by atoms with Gasteiger partial charge in [0.1, 0.15) is 6.10 Å². The molecule has 1 unspecified atom stereocenters. The van der Waals surface area contributed by atoms with Gasteiger partial charge in [-0.2, -0.15) is 0 Å². The Morgan fingerprint density at radius 2 is 1.30 bits per heavy atom. The lowest BCUT2D eigenvalue weighted by Gasteiger charge is -2.38. The van der Waals surface area contributed by atoms with Gasteiger partial charge >= 0.3 is 0 Å². The average molecular weight is 428 g/mol. The minimum Gasteiger partial charge on any atom is -0.365 e. The minimum absolute atomic E-state index is 0.0997. The van der Waals surface area contributed by atoms with E-state index in [-0.39, 0.29) is 6.10 Å². The number of halogens is 1. The highest BCUT2D eigenvalue weighted by Gasteiger charge is 2.40. The molecule has 0 saturated carbocycles. The van der Waals surface area contributed by atoms with E-state index in [0.29, 0.717) is 6.10 Å². The third-order valence-corrected chi connectivity index (χ3v) is 6.72. The smallest absolute Gasteiger partial charge is 0.108 e. The predicted molar refractivity (Wildman–Crippen MR) is 116 cm³/mol. The van der Waals surface area contributed by atoms with E-state index in [1.54, 1.807) is 0 Å². The van der Waals surface area contributed by atoms with Crippen molar-refractivity contribution >= 4 is 15.9 Å². The number of rotatable bonds is 2. The molecule has 1 aliphatic carbocycles. The molecule has 2 bridgehead atoms.